The van der Waals surface area contributed by atoms with Crippen molar-refractivity contribution in [2.45, 2.75) is 39.0 Å². The van der Waals surface area contributed by atoms with E-state index in [4.69, 9.17) is 4.12 Å². The molecule has 0 aromatic heterocycles. The van der Waals surface area contributed by atoms with Gasteiger partial charge in [0.05, 0.1) is 0 Å². The fraction of sp³-hybridized carbons (Fsp3) is 1.00. The largest absolute Gasteiger partial charge is 0.456 e. The molecule has 0 aromatic carbocycles. The minimum atomic E-state index is -0.395. The minimum Gasteiger partial charge on any atom is -0.456 e. The van der Waals surface area contributed by atoms with Crippen LogP contribution in [-0.4, -0.2) is 18.1 Å². The Labute approximate surface area is 61.9 Å². The molecule has 0 amide bonds. The third-order valence-corrected chi connectivity index (χ3v) is 6.12. The maximum atomic E-state index is 5.75. The molecule has 3 heteroatoms. The summed E-state index contributed by atoms with van der Waals surface area (Å²) in [7, 11) is -0.790. The third kappa shape index (κ3) is 4.87. The summed E-state index contributed by atoms with van der Waals surface area (Å²) < 4.78 is 5.75. The van der Waals surface area contributed by atoms with E-state index in [9.17, 15) is 0 Å². The predicted molar refractivity (Wildman–Crippen MR) is 45.3 cm³/mol. The van der Waals surface area contributed by atoms with Crippen molar-refractivity contribution in [1.29, 1.82) is 0 Å². The first kappa shape index (κ1) is 9.39. The lowest BCUT2D eigenvalue weighted by atomic mass is 11.0. The fourth-order valence-electron chi connectivity index (χ4n) is 0.442. The van der Waals surface area contributed by atoms with E-state index in [-0.39, 0.29) is 0 Å². The summed E-state index contributed by atoms with van der Waals surface area (Å²) in [5.74, 6) is 0. The van der Waals surface area contributed by atoms with E-state index >= 15 is 0 Å². The molecular weight excluding hydrogens is 144 g/mol. The maximum absolute atomic E-state index is 5.75. The number of rotatable bonds is 4. The fourth-order valence-corrected chi connectivity index (χ4v) is 3.98. The second-order valence-corrected chi connectivity index (χ2v) is 7.25. The van der Waals surface area contributed by atoms with Crippen LogP contribution in [0.25, 0.3) is 0 Å². The van der Waals surface area contributed by atoms with Crippen LogP contribution < -0.4 is 0 Å². The molecule has 2 radical (unpaired) electrons. The van der Waals surface area contributed by atoms with Crippen molar-refractivity contribution < 1.29 is 4.12 Å². The Bertz CT molecular complexity index is 60.1. The standard InChI is InChI=1S/C6H16OSi2/c1-5-8(3)7-9(4)6-2/h5-6H2,1-4H3. The normalized spacial score (nSPS) is 11.3. The lowest BCUT2D eigenvalue weighted by Gasteiger charge is -2.12. The summed E-state index contributed by atoms with van der Waals surface area (Å²) in [6, 6.07) is 2.49. The van der Waals surface area contributed by atoms with Gasteiger partial charge in [-0.1, -0.05) is 13.8 Å². The Balaban J connectivity index is 3.22. The molecule has 1 nitrogen and oxygen atoms in total. The van der Waals surface area contributed by atoms with Crippen LogP contribution in [0.3, 0.4) is 0 Å². The predicted octanol–water partition coefficient (Wildman–Crippen LogP) is 2.29. The number of hydrogen-bond acceptors (Lipinski definition) is 1. The van der Waals surface area contributed by atoms with Gasteiger partial charge in [0, 0.05) is 0 Å². The molecule has 0 aliphatic carbocycles. The van der Waals surface area contributed by atoms with Crippen molar-refractivity contribution in [3.63, 3.8) is 0 Å². The highest BCUT2D eigenvalue weighted by Gasteiger charge is 2.07. The Morgan fingerprint density at radius 3 is 1.56 bits per heavy atom. The monoisotopic (exact) mass is 160 g/mol. The van der Waals surface area contributed by atoms with Crippen LogP contribution in [0.5, 0.6) is 0 Å². The van der Waals surface area contributed by atoms with Gasteiger partial charge in [0.1, 0.15) is 0 Å². The van der Waals surface area contributed by atoms with Crippen LogP contribution in [0.15, 0.2) is 0 Å². The summed E-state index contributed by atoms with van der Waals surface area (Å²) in [4.78, 5) is 0. The van der Waals surface area contributed by atoms with Gasteiger partial charge in [0.15, 0.2) is 18.1 Å². The van der Waals surface area contributed by atoms with E-state index in [1.807, 2.05) is 0 Å². The lowest BCUT2D eigenvalue weighted by Crippen LogP contribution is -2.22. The van der Waals surface area contributed by atoms with Crippen molar-refractivity contribution in [2.24, 2.45) is 0 Å². The van der Waals surface area contributed by atoms with Crippen LogP contribution in [-0.2, 0) is 4.12 Å². The van der Waals surface area contributed by atoms with E-state index in [0.717, 1.165) is 0 Å². The molecule has 0 aliphatic heterocycles. The zero-order valence-electron chi connectivity index (χ0n) is 6.82. The maximum Gasteiger partial charge on any atom is 0.194 e. The molecular formula is C6H16OSi2. The third-order valence-electron chi connectivity index (χ3n) is 1.34. The van der Waals surface area contributed by atoms with Crippen molar-refractivity contribution in [2.75, 3.05) is 0 Å². The summed E-state index contributed by atoms with van der Waals surface area (Å²) in [5, 5.41) is 0. The van der Waals surface area contributed by atoms with E-state index < -0.39 is 18.1 Å². The quantitative estimate of drug-likeness (QED) is 0.573. The molecule has 0 aliphatic rings. The van der Waals surface area contributed by atoms with Gasteiger partial charge in [0.25, 0.3) is 0 Å². The van der Waals surface area contributed by atoms with Gasteiger partial charge in [-0.15, -0.1) is 0 Å². The zero-order valence-corrected chi connectivity index (χ0v) is 8.82. The van der Waals surface area contributed by atoms with Gasteiger partial charge in [-0.05, 0) is 25.2 Å². The molecule has 0 unspecified atom stereocenters. The molecule has 0 saturated carbocycles. The lowest BCUT2D eigenvalue weighted by molar-refractivity contribution is 0.592. The first-order chi connectivity index (χ1) is 4.20. The molecule has 0 N–H and O–H groups in total. The molecule has 0 fully saturated rings. The van der Waals surface area contributed by atoms with E-state index in [2.05, 4.69) is 26.9 Å². The highest BCUT2D eigenvalue weighted by Crippen LogP contribution is 1.99. The van der Waals surface area contributed by atoms with Crippen molar-refractivity contribution >= 4 is 18.1 Å². The molecule has 0 atom stereocenters. The van der Waals surface area contributed by atoms with Crippen LogP contribution in [0.4, 0.5) is 0 Å². The SMILES string of the molecule is CC[Si](C)O[Si](C)CC. The van der Waals surface area contributed by atoms with Gasteiger partial charge < -0.3 is 4.12 Å². The molecule has 0 bridgehead atoms. The topological polar surface area (TPSA) is 9.23 Å². The summed E-state index contributed by atoms with van der Waals surface area (Å²) in [6.45, 7) is 8.90. The second kappa shape index (κ2) is 5.20. The molecule has 0 aromatic rings. The molecule has 0 rings (SSSR count). The van der Waals surface area contributed by atoms with Crippen LogP contribution >= 0.6 is 0 Å². The molecule has 0 heterocycles. The van der Waals surface area contributed by atoms with Crippen molar-refractivity contribution in [3.05, 3.63) is 0 Å². The van der Waals surface area contributed by atoms with Crippen molar-refractivity contribution in [1.82, 2.24) is 0 Å². The smallest absolute Gasteiger partial charge is 0.194 e. The first-order valence-electron chi connectivity index (χ1n) is 3.53. The van der Waals surface area contributed by atoms with Gasteiger partial charge >= 0.3 is 0 Å². The van der Waals surface area contributed by atoms with Gasteiger partial charge in [-0.3, -0.25) is 0 Å². The van der Waals surface area contributed by atoms with Gasteiger partial charge in [-0.2, -0.15) is 0 Å². The van der Waals surface area contributed by atoms with Crippen LogP contribution in [0, 0.1) is 0 Å². The summed E-state index contributed by atoms with van der Waals surface area (Å²) in [6.07, 6.45) is 0. The Morgan fingerprint density at radius 1 is 1.00 bits per heavy atom. The van der Waals surface area contributed by atoms with E-state index in [1.54, 1.807) is 0 Å². The summed E-state index contributed by atoms with van der Waals surface area (Å²) >= 11 is 0. The average Bonchev–Trinajstić information content (AvgIpc) is 1.87. The van der Waals surface area contributed by atoms with Gasteiger partial charge in [0.2, 0.25) is 0 Å². The average molecular weight is 160 g/mol. The van der Waals surface area contributed by atoms with Crippen LogP contribution in [0.1, 0.15) is 13.8 Å². The Kier molecular flexibility index (Phi) is 5.43. The first-order valence-corrected chi connectivity index (χ1v) is 7.76. The number of hydrogen-bond donors (Lipinski definition) is 0. The summed E-state index contributed by atoms with van der Waals surface area (Å²) in [5.41, 5.74) is 0. The minimum absolute atomic E-state index is 0.395. The second-order valence-electron chi connectivity index (χ2n) is 2.21. The highest BCUT2D eigenvalue weighted by molar-refractivity contribution is 6.64. The molecule has 0 spiro atoms. The Morgan fingerprint density at radius 2 is 1.33 bits per heavy atom. The van der Waals surface area contributed by atoms with Crippen LogP contribution in [0.2, 0.25) is 25.2 Å². The zero-order chi connectivity index (χ0) is 7.28. The Hall–Kier alpha value is 0.394. The molecule has 0 saturated heterocycles. The van der Waals surface area contributed by atoms with E-state index in [0.29, 0.717) is 0 Å². The highest BCUT2D eigenvalue weighted by atomic mass is 28.4. The molecule has 9 heavy (non-hydrogen) atoms. The van der Waals surface area contributed by atoms with Gasteiger partial charge in [-0.25, -0.2) is 0 Å². The molecule has 54 valence electrons. The van der Waals surface area contributed by atoms with E-state index in [1.165, 1.54) is 12.1 Å². The van der Waals surface area contributed by atoms with Crippen molar-refractivity contribution in [3.8, 4) is 0 Å².